The molecular formula is C14H17Cl2NO2. The Balaban J connectivity index is 2.71. The predicted octanol–water partition coefficient (Wildman–Crippen LogP) is 3.24. The van der Waals surface area contributed by atoms with Gasteiger partial charge in [0.05, 0.1) is 0 Å². The fraction of sp³-hybridized carbons (Fsp3) is 0.357. The molecule has 0 spiro atoms. The van der Waals surface area contributed by atoms with Gasteiger partial charge in [-0.1, -0.05) is 23.2 Å². The van der Waals surface area contributed by atoms with Gasteiger partial charge in [0.25, 0.3) is 0 Å². The molecule has 1 N–H and O–H groups in total. The largest absolute Gasteiger partial charge is 0.396 e. The molecule has 0 fully saturated rings. The molecule has 5 heteroatoms. The molecule has 1 aromatic rings. The Hall–Kier alpha value is -1.03. The van der Waals surface area contributed by atoms with Crippen LogP contribution in [0.15, 0.2) is 24.3 Å². The van der Waals surface area contributed by atoms with Crippen LogP contribution in [-0.4, -0.2) is 35.6 Å². The molecule has 0 unspecified atom stereocenters. The van der Waals surface area contributed by atoms with Crippen LogP contribution in [-0.2, 0) is 4.79 Å². The third-order valence-corrected chi connectivity index (χ3v) is 3.02. The number of halogens is 2. The molecule has 0 aromatic heterocycles. The van der Waals surface area contributed by atoms with E-state index in [0.717, 1.165) is 5.56 Å². The number of likely N-dealkylation sites (N-methyl/N-ethyl adjacent to an activating group) is 1. The van der Waals surface area contributed by atoms with Crippen LogP contribution >= 0.6 is 23.2 Å². The van der Waals surface area contributed by atoms with Gasteiger partial charge in [-0.3, -0.25) is 4.79 Å². The molecule has 0 aliphatic carbocycles. The third kappa shape index (κ3) is 5.64. The lowest BCUT2D eigenvalue weighted by Crippen LogP contribution is -2.30. The zero-order valence-corrected chi connectivity index (χ0v) is 12.3. The summed E-state index contributed by atoms with van der Waals surface area (Å²) in [4.78, 5) is 13.6. The van der Waals surface area contributed by atoms with Crippen LogP contribution in [0.2, 0.25) is 10.0 Å². The van der Waals surface area contributed by atoms with Crippen LogP contribution in [0.1, 0.15) is 18.9 Å². The lowest BCUT2D eigenvalue weighted by atomic mass is 10.2. The number of nitrogens with zero attached hydrogens (tertiary/aromatic N) is 1. The Morgan fingerprint density at radius 1 is 1.32 bits per heavy atom. The van der Waals surface area contributed by atoms with Gasteiger partial charge in [-0.05, 0) is 43.2 Å². The first-order chi connectivity index (χ1) is 9.06. The first-order valence-electron chi connectivity index (χ1n) is 6.10. The average molecular weight is 302 g/mol. The normalized spacial score (nSPS) is 10.9. The lowest BCUT2D eigenvalue weighted by Gasteiger charge is -2.18. The minimum atomic E-state index is -0.0907. The van der Waals surface area contributed by atoms with Crippen molar-refractivity contribution in [2.75, 3.05) is 19.7 Å². The fourth-order valence-electron chi connectivity index (χ4n) is 1.63. The Labute approximate surface area is 123 Å². The number of hydrogen-bond donors (Lipinski definition) is 1. The van der Waals surface area contributed by atoms with E-state index in [1.165, 1.54) is 6.08 Å². The van der Waals surface area contributed by atoms with Crippen molar-refractivity contribution in [1.82, 2.24) is 4.90 Å². The molecule has 0 saturated heterocycles. The van der Waals surface area contributed by atoms with E-state index in [9.17, 15) is 4.79 Å². The maximum absolute atomic E-state index is 11.9. The summed E-state index contributed by atoms with van der Waals surface area (Å²) in [6.07, 6.45) is 3.75. The topological polar surface area (TPSA) is 40.5 Å². The van der Waals surface area contributed by atoms with Crippen molar-refractivity contribution in [3.8, 4) is 0 Å². The molecule has 1 aromatic carbocycles. The second-order valence-electron chi connectivity index (χ2n) is 4.03. The number of hydrogen-bond acceptors (Lipinski definition) is 2. The Morgan fingerprint density at radius 2 is 1.95 bits per heavy atom. The zero-order valence-electron chi connectivity index (χ0n) is 10.8. The highest BCUT2D eigenvalue weighted by atomic mass is 35.5. The van der Waals surface area contributed by atoms with Gasteiger partial charge in [-0.25, -0.2) is 0 Å². The minimum Gasteiger partial charge on any atom is -0.396 e. The molecule has 104 valence electrons. The van der Waals surface area contributed by atoms with Crippen LogP contribution in [0, 0.1) is 0 Å². The summed E-state index contributed by atoms with van der Waals surface area (Å²) < 4.78 is 0. The van der Waals surface area contributed by atoms with Crippen LogP contribution in [0.3, 0.4) is 0 Å². The molecule has 0 heterocycles. The number of carbonyl (C=O) groups is 1. The smallest absolute Gasteiger partial charge is 0.246 e. The van der Waals surface area contributed by atoms with Crippen molar-refractivity contribution >= 4 is 35.2 Å². The quantitative estimate of drug-likeness (QED) is 0.820. The second kappa shape index (κ2) is 8.20. The molecule has 0 atom stereocenters. The van der Waals surface area contributed by atoms with E-state index in [4.69, 9.17) is 28.3 Å². The van der Waals surface area contributed by atoms with E-state index in [2.05, 4.69) is 0 Å². The highest BCUT2D eigenvalue weighted by Gasteiger charge is 2.07. The van der Waals surface area contributed by atoms with E-state index >= 15 is 0 Å². The highest BCUT2D eigenvalue weighted by Crippen LogP contribution is 2.19. The predicted molar refractivity (Wildman–Crippen MR) is 79.5 cm³/mol. The Morgan fingerprint density at radius 3 is 2.47 bits per heavy atom. The van der Waals surface area contributed by atoms with Gasteiger partial charge in [0.2, 0.25) is 5.91 Å². The minimum absolute atomic E-state index is 0.0807. The van der Waals surface area contributed by atoms with Crippen LogP contribution in [0.4, 0.5) is 0 Å². The Kier molecular flexibility index (Phi) is 6.92. The van der Waals surface area contributed by atoms with Gasteiger partial charge >= 0.3 is 0 Å². The van der Waals surface area contributed by atoms with Crippen LogP contribution in [0.25, 0.3) is 6.08 Å². The molecule has 1 rings (SSSR count). The van der Waals surface area contributed by atoms with Gasteiger partial charge < -0.3 is 10.0 Å². The summed E-state index contributed by atoms with van der Waals surface area (Å²) in [5.74, 6) is -0.0907. The van der Waals surface area contributed by atoms with Crippen molar-refractivity contribution in [1.29, 1.82) is 0 Å². The summed E-state index contributed by atoms with van der Waals surface area (Å²) in [6.45, 7) is 3.14. The van der Waals surface area contributed by atoms with Gasteiger partial charge in [0, 0.05) is 35.8 Å². The number of rotatable bonds is 6. The van der Waals surface area contributed by atoms with Crippen molar-refractivity contribution in [3.63, 3.8) is 0 Å². The van der Waals surface area contributed by atoms with Crippen molar-refractivity contribution in [2.24, 2.45) is 0 Å². The van der Waals surface area contributed by atoms with Crippen molar-refractivity contribution in [2.45, 2.75) is 13.3 Å². The Bertz CT molecular complexity index is 441. The maximum atomic E-state index is 11.9. The summed E-state index contributed by atoms with van der Waals surface area (Å²) in [5, 5.41) is 9.85. The van der Waals surface area contributed by atoms with E-state index in [1.54, 1.807) is 29.2 Å². The summed E-state index contributed by atoms with van der Waals surface area (Å²) >= 11 is 11.8. The fourth-order valence-corrected chi connectivity index (χ4v) is 2.17. The maximum Gasteiger partial charge on any atom is 0.246 e. The number of amides is 1. The number of aliphatic hydroxyl groups is 1. The summed E-state index contributed by atoms with van der Waals surface area (Å²) in [6, 6.07) is 5.12. The third-order valence-electron chi connectivity index (χ3n) is 2.58. The first kappa shape index (κ1) is 16.0. The molecule has 3 nitrogen and oxygen atoms in total. The summed E-state index contributed by atoms with van der Waals surface area (Å²) in [7, 11) is 0. The van der Waals surface area contributed by atoms with Gasteiger partial charge in [-0.2, -0.15) is 0 Å². The SMILES string of the molecule is CCN(CCCO)C(=O)/C=C/c1cc(Cl)cc(Cl)c1. The van der Waals surface area contributed by atoms with E-state index in [-0.39, 0.29) is 12.5 Å². The van der Waals surface area contributed by atoms with E-state index in [1.807, 2.05) is 6.92 Å². The van der Waals surface area contributed by atoms with Gasteiger partial charge in [0.1, 0.15) is 0 Å². The zero-order chi connectivity index (χ0) is 14.3. The monoisotopic (exact) mass is 301 g/mol. The molecule has 0 radical (unpaired) electrons. The van der Waals surface area contributed by atoms with Gasteiger partial charge in [0.15, 0.2) is 0 Å². The highest BCUT2D eigenvalue weighted by molar-refractivity contribution is 6.34. The van der Waals surface area contributed by atoms with Crippen molar-refractivity contribution < 1.29 is 9.90 Å². The lowest BCUT2D eigenvalue weighted by molar-refractivity contribution is -0.125. The molecule has 0 aliphatic rings. The molecule has 0 aliphatic heterocycles. The van der Waals surface area contributed by atoms with Gasteiger partial charge in [-0.15, -0.1) is 0 Å². The first-order valence-corrected chi connectivity index (χ1v) is 6.86. The van der Waals surface area contributed by atoms with E-state index < -0.39 is 0 Å². The second-order valence-corrected chi connectivity index (χ2v) is 4.90. The summed E-state index contributed by atoms with van der Waals surface area (Å²) in [5.41, 5.74) is 0.782. The molecular weight excluding hydrogens is 285 g/mol. The molecule has 19 heavy (non-hydrogen) atoms. The average Bonchev–Trinajstić information content (AvgIpc) is 2.36. The number of carbonyl (C=O) groups excluding carboxylic acids is 1. The van der Waals surface area contributed by atoms with Crippen LogP contribution < -0.4 is 0 Å². The number of aliphatic hydroxyl groups excluding tert-OH is 1. The van der Waals surface area contributed by atoms with Crippen LogP contribution in [0.5, 0.6) is 0 Å². The van der Waals surface area contributed by atoms with E-state index in [0.29, 0.717) is 29.6 Å². The molecule has 0 saturated carbocycles. The van der Waals surface area contributed by atoms with Crippen molar-refractivity contribution in [3.05, 3.63) is 39.9 Å². The molecule has 0 bridgehead atoms. The number of benzene rings is 1. The standard InChI is InChI=1S/C14H17Cl2NO2/c1-2-17(6-3-7-18)14(19)5-4-11-8-12(15)10-13(16)9-11/h4-5,8-10,18H,2-3,6-7H2,1H3/b5-4+. The molecule has 1 amide bonds.